The molecule has 0 atom stereocenters. The van der Waals surface area contributed by atoms with Gasteiger partial charge in [0.05, 0.1) is 5.56 Å². The summed E-state index contributed by atoms with van der Waals surface area (Å²) in [5, 5.41) is 3.63. The van der Waals surface area contributed by atoms with Gasteiger partial charge in [-0.3, -0.25) is 4.79 Å². The smallest absolute Gasteiger partial charge is 0.252 e. The lowest BCUT2D eigenvalue weighted by Gasteiger charge is -2.27. The molecule has 0 bridgehead atoms. The second kappa shape index (κ2) is 8.66. The first-order valence-corrected chi connectivity index (χ1v) is 8.26. The zero-order valence-electron chi connectivity index (χ0n) is 12.7. The third-order valence-corrected chi connectivity index (χ3v) is 4.68. The summed E-state index contributed by atoms with van der Waals surface area (Å²) in [6.45, 7) is 4.28. The van der Waals surface area contributed by atoms with E-state index in [1.807, 2.05) is 24.3 Å². The van der Waals surface area contributed by atoms with Crippen LogP contribution in [0, 0.1) is 0 Å². The number of nitrogens with two attached hydrogens (primary N) is 1. The highest BCUT2D eigenvalue weighted by Gasteiger charge is 2.21. The molecule has 0 unspecified atom stereocenters. The highest BCUT2D eigenvalue weighted by molar-refractivity contribution is 8.00. The molecule has 0 saturated heterocycles. The Morgan fingerprint density at radius 2 is 1.86 bits per heavy atom. The van der Waals surface area contributed by atoms with E-state index in [0.717, 1.165) is 36.1 Å². The van der Waals surface area contributed by atoms with Gasteiger partial charge in [0.25, 0.3) is 5.91 Å². The zero-order chi connectivity index (χ0) is 14.5. The number of thioether (sulfide) groups is 1. The maximum Gasteiger partial charge on any atom is 0.252 e. The zero-order valence-corrected chi connectivity index (χ0v) is 14.3. The fourth-order valence-corrected chi connectivity index (χ4v) is 3.49. The molecule has 1 fully saturated rings. The van der Waals surface area contributed by atoms with E-state index in [-0.39, 0.29) is 24.4 Å². The van der Waals surface area contributed by atoms with E-state index in [4.69, 9.17) is 5.73 Å². The Labute approximate surface area is 137 Å². The van der Waals surface area contributed by atoms with Gasteiger partial charge in [0.15, 0.2) is 0 Å². The van der Waals surface area contributed by atoms with Crippen LogP contribution in [0.1, 0.15) is 49.9 Å². The molecule has 1 amide bonds. The quantitative estimate of drug-likeness (QED) is 0.830. The van der Waals surface area contributed by atoms with Crippen molar-refractivity contribution in [2.24, 2.45) is 5.73 Å². The first-order chi connectivity index (χ1) is 9.56. The lowest BCUT2D eigenvalue weighted by molar-refractivity contribution is 0.0923. The SMILES string of the molecule is CC(C)Sc1ccccc1C(=O)NC1CCC(N)CC1.Cl. The molecular formula is C16H25ClN2OS. The first-order valence-electron chi connectivity index (χ1n) is 7.38. The van der Waals surface area contributed by atoms with Gasteiger partial charge in [-0.15, -0.1) is 24.2 Å². The summed E-state index contributed by atoms with van der Waals surface area (Å²) < 4.78 is 0. The topological polar surface area (TPSA) is 55.1 Å². The molecule has 1 aliphatic carbocycles. The number of benzene rings is 1. The fourth-order valence-electron chi connectivity index (χ4n) is 2.54. The Morgan fingerprint density at radius 3 is 2.48 bits per heavy atom. The molecule has 3 N–H and O–H groups in total. The van der Waals surface area contributed by atoms with E-state index in [0.29, 0.717) is 11.3 Å². The Balaban J connectivity index is 0.00000220. The average molecular weight is 329 g/mol. The van der Waals surface area contributed by atoms with Gasteiger partial charge in [0.2, 0.25) is 0 Å². The minimum atomic E-state index is 0. The van der Waals surface area contributed by atoms with E-state index in [1.165, 1.54) is 0 Å². The van der Waals surface area contributed by atoms with Crippen molar-refractivity contribution in [2.45, 2.75) is 61.8 Å². The second-order valence-corrected chi connectivity index (χ2v) is 7.37. The van der Waals surface area contributed by atoms with Crippen LogP contribution in [0.2, 0.25) is 0 Å². The van der Waals surface area contributed by atoms with Crippen LogP contribution in [-0.4, -0.2) is 23.2 Å². The van der Waals surface area contributed by atoms with Crippen molar-refractivity contribution >= 4 is 30.1 Å². The summed E-state index contributed by atoms with van der Waals surface area (Å²) in [7, 11) is 0. The van der Waals surface area contributed by atoms with Gasteiger partial charge in [0, 0.05) is 22.2 Å². The summed E-state index contributed by atoms with van der Waals surface area (Å²) in [6, 6.07) is 8.44. The molecule has 1 aromatic carbocycles. The number of hydrogen-bond donors (Lipinski definition) is 2. The minimum absolute atomic E-state index is 0. The Hall–Kier alpha value is -0.710. The van der Waals surface area contributed by atoms with E-state index >= 15 is 0 Å². The predicted octanol–water partition coefficient (Wildman–Crippen LogP) is 3.61. The Bertz CT molecular complexity index is 459. The normalized spacial score (nSPS) is 21.7. The number of rotatable bonds is 4. The van der Waals surface area contributed by atoms with Crippen LogP contribution in [0.5, 0.6) is 0 Å². The Kier molecular flexibility index (Phi) is 7.57. The van der Waals surface area contributed by atoms with Crippen molar-refractivity contribution in [3.05, 3.63) is 29.8 Å². The van der Waals surface area contributed by atoms with Gasteiger partial charge < -0.3 is 11.1 Å². The molecule has 0 aromatic heterocycles. The van der Waals surface area contributed by atoms with Gasteiger partial charge >= 0.3 is 0 Å². The predicted molar refractivity (Wildman–Crippen MR) is 92.4 cm³/mol. The number of nitrogens with one attached hydrogen (secondary N) is 1. The van der Waals surface area contributed by atoms with E-state index in [9.17, 15) is 4.79 Å². The van der Waals surface area contributed by atoms with Gasteiger partial charge in [-0.1, -0.05) is 26.0 Å². The number of halogens is 1. The summed E-state index contributed by atoms with van der Waals surface area (Å²) in [4.78, 5) is 13.5. The van der Waals surface area contributed by atoms with Crippen LogP contribution in [0.3, 0.4) is 0 Å². The van der Waals surface area contributed by atoms with Crippen molar-refractivity contribution in [3.63, 3.8) is 0 Å². The second-order valence-electron chi connectivity index (χ2n) is 5.75. The summed E-state index contributed by atoms with van der Waals surface area (Å²) in [5.74, 6) is 0.0502. The third-order valence-electron chi connectivity index (χ3n) is 3.60. The van der Waals surface area contributed by atoms with Crippen molar-refractivity contribution < 1.29 is 4.79 Å². The van der Waals surface area contributed by atoms with Crippen LogP contribution in [0.4, 0.5) is 0 Å². The minimum Gasteiger partial charge on any atom is -0.349 e. The third kappa shape index (κ3) is 5.53. The van der Waals surface area contributed by atoms with E-state index in [2.05, 4.69) is 19.2 Å². The Morgan fingerprint density at radius 1 is 1.24 bits per heavy atom. The number of amides is 1. The molecule has 5 heteroatoms. The highest BCUT2D eigenvalue weighted by atomic mass is 35.5. The number of hydrogen-bond acceptors (Lipinski definition) is 3. The molecule has 0 spiro atoms. The van der Waals surface area contributed by atoms with Crippen molar-refractivity contribution in [3.8, 4) is 0 Å². The highest BCUT2D eigenvalue weighted by Crippen LogP contribution is 2.27. The average Bonchev–Trinajstić information content (AvgIpc) is 2.41. The van der Waals surface area contributed by atoms with E-state index < -0.39 is 0 Å². The molecule has 118 valence electrons. The largest absolute Gasteiger partial charge is 0.349 e. The van der Waals surface area contributed by atoms with Crippen LogP contribution in [-0.2, 0) is 0 Å². The van der Waals surface area contributed by atoms with Gasteiger partial charge in [-0.05, 0) is 37.8 Å². The molecule has 21 heavy (non-hydrogen) atoms. The van der Waals surface area contributed by atoms with Crippen molar-refractivity contribution in [1.82, 2.24) is 5.32 Å². The molecule has 1 aliphatic rings. The molecule has 1 saturated carbocycles. The van der Waals surface area contributed by atoms with Gasteiger partial charge in [-0.2, -0.15) is 0 Å². The van der Waals surface area contributed by atoms with Crippen molar-refractivity contribution in [1.29, 1.82) is 0 Å². The molecular weight excluding hydrogens is 304 g/mol. The van der Waals surface area contributed by atoms with Gasteiger partial charge in [0.1, 0.15) is 0 Å². The van der Waals surface area contributed by atoms with Crippen LogP contribution < -0.4 is 11.1 Å². The molecule has 0 radical (unpaired) electrons. The molecule has 3 nitrogen and oxygen atoms in total. The summed E-state index contributed by atoms with van der Waals surface area (Å²) >= 11 is 1.73. The standard InChI is InChI=1S/C16H24N2OS.ClH/c1-11(2)20-15-6-4-3-5-14(15)16(19)18-13-9-7-12(17)8-10-13;/h3-6,11-13H,7-10,17H2,1-2H3,(H,18,19);1H. The molecule has 2 rings (SSSR count). The first kappa shape index (κ1) is 18.3. The van der Waals surface area contributed by atoms with E-state index in [1.54, 1.807) is 11.8 Å². The van der Waals surface area contributed by atoms with Gasteiger partial charge in [-0.25, -0.2) is 0 Å². The molecule has 0 heterocycles. The monoisotopic (exact) mass is 328 g/mol. The lowest BCUT2D eigenvalue weighted by Crippen LogP contribution is -2.40. The van der Waals surface area contributed by atoms with Crippen LogP contribution in [0.15, 0.2) is 29.2 Å². The molecule has 1 aromatic rings. The lowest BCUT2D eigenvalue weighted by atomic mass is 9.91. The maximum absolute atomic E-state index is 12.4. The number of carbonyl (C=O) groups excluding carboxylic acids is 1. The van der Waals surface area contributed by atoms with Crippen LogP contribution in [0.25, 0.3) is 0 Å². The molecule has 0 aliphatic heterocycles. The maximum atomic E-state index is 12.4. The summed E-state index contributed by atoms with van der Waals surface area (Å²) in [6.07, 6.45) is 4.00. The fraction of sp³-hybridized carbons (Fsp3) is 0.562. The van der Waals surface area contributed by atoms with Crippen molar-refractivity contribution in [2.75, 3.05) is 0 Å². The van der Waals surface area contributed by atoms with Crippen LogP contribution >= 0.6 is 24.2 Å². The number of carbonyl (C=O) groups is 1. The summed E-state index contributed by atoms with van der Waals surface area (Å²) in [5.41, 5.74) is 6.69.